The molecular formula is C14H21NO6S. The highest BCUT2D eigenvalue weighted by Crippen LogP contribution is 2.52. The number of rotatable bonds is 0. The van der Waals surface area contributed by atoms with E-state index in [9.17, 15) is 0 Å². The molecular weight excluding hydrogens is 310 g/mol. The largest absolute Gasteiger partial charge is 0.454 e. The molecule has 4 atom stereocenters. The summed E-state index contributed by atoms with van der Waals surface area (Å²) in [6, 6.07) is 0. The van der Waals surface area contributed by atoms with Crippen molar-refractivity contribution in [2.75, 3.05) is 19.8 Å². The lowest BCUT2D eigenvalue weighted by Gasteiger charge is -2.49. The van der Waals surface area contributed by atoms with Gasteiger partial charge < -0.3 is 33.7 Å². The number of hydrogen-bond acceptors (Lipinski definition) is 7. The number of thiocarbonyl (C=S) groups is 1. The van der Waals surface area contributed by atoms with Crippen molar-refractivity contribution in [1.82, 2.24) is 5.32 Å². The zero-order valence-corrected chi connectivity index (χ0v) is 14.0. The Morgan fingerprint density at radius 3 is 2.45 bits per heavy atom. The maximum atomic E-state index is 6.14. The van der Waals surface area contributed by atoms with E-state index in [0.29, 0.717) is 18.3 Å². The molecule has 22 heavy (non-hydrogen) atoms. The first-order chi connectivity index (χ1) is 10.2. The molecule has 0 saturated carbocycles. The van der Waals surface area contributed by atoms with Crippen molar-refractivity contribution in [1.29, 1.82) is 0 Å². The first kappa shape index (κ1) is 15.0. The van der Waals surface area contributed by atoms with E-state index < -0.39 is 23.0 Å². The van der Waals surface area contributed by atoms with Gasteiger partial charge in [-0.3, -0.25) is 0 Å². The Balaban J connectivity index is 1.76. The van der Waals surface area contributed by atoms with Crippen LogP contribution in [0.4, 0.5) is 0 Å². The lowest BCUT2D eigenvalue weighted by Crippen LogP contribution is -2.72. The molecule has 4 fully saturated rings. The normalized spacial score (nSPS) is 48.5. The lowest BCUT2D eigenvalue weighted by molar-refractivity contribution is -0.354. The zero-order chi connectivity index (χ0) is 15.8. The average molecular weight is 331 g/mol. The summed E-state index contributed by atoms with van der Waals surface area (Å²) in [5.41, 5.74) is -0.936. The van der Waals surface area contributed by atoms with Gasteiger partial charge >= 0.3 is 0 Å². The smallest absolute Gasteiger partial charge is 0.257 e. The Kier molecular flexibility index (Phi) is 2.95. The summed E-state index contributed by atoms with van der Waals surface area (Å²) in [4.78, 5) is 0. The Morgan fingerprint density at radius 1 is 1.09 bits per heavy atom. The van der Waals surface area contributed by atoms with Gasteiger partial charge in [-0.15, -0.1) is 0 Å². The molecule has 1 N–H and O–H groups in total. The Labute approximate surface area is 134 Å². The van der Waals surface area contributed by atoms with Gasteiger partial charge in [0.1, 0.15) is 18.8 Å². The Morgan fingerprint density at radius 2 is 1.86 bits per heavy atom. The maximum absolute atomic E-state index is 6.14. The summed E-state index contributed by atoms with van der Waals surface area (Å²) in [6.45, 7) is 8.47. The molecule has 0 bridgehead atoms. The van der Waals surface area contributed by atoms with Gasteiger partial charge in [0.2, 0.25) is 11.4 Å². The molecule has 4 saturated heterocycles. The molecule has 0 aromatic carbocycles. The summed E-state index contributed by atoms with van der Waals surface area (Å²) < 4.78 is 36.1. The number of hydrogen-bond donors (Lipinski definition) is 1. The van der Waals surface area contributed by atoms with Crippen molar-refractivity contribution < 1.29 is 28.4 Å². The molecule has 4 aliphatic rings. The van der Waals surface area contributed by atoms with Gasteiger partial charge in [-0.1, -0.05) is 0 Å². The summed E-state index contributed by atoms with van der Waals surface area (Å²) in [6.07, 6.45) is -0.600. The molecule has 8 heteroatoms. The molecule has 0 aromatic rings. The summed E-state index contributed by atoms with van der Waals surface area (Å²) >= 11 is 5.18. The fourth-order valence-corrected chi connectivity index (χ4v) is 3.95. The Hall–Kier alpha value is -0.510. The molecule has 2 spiro atoms. The molecule has 4 aliphatic heterocycles. The van der Waals surface area contributed by atoms with E-state index in [2.05, 4.69) is 5.32 Å². The highest BCUT2D eigenvalue weighted by atomic mass is 32.1. The van der Waals surface area contributed by atoms with Gasteiger partial charge in [0, 0.05) is 0 Å². The van der Waals surface area contributed by atoms with Crippen LogP contribution >= 0.6 is 12.2 Å². The van der Waals surface area contributed by atoms with Crippen molar-refractivity contribution in [3.8, 4) is 0 Å². The molecule has 0 aliphatic carbocycles. The molecule has 7 nitrogen and oxygen atoms in total. The minimum Gasteiger partial charge on any atom is -0.454 e. The second-order valence-corrected chi connectivity index (χ2v) is 7.45. The standard InChI is InChI=1S/C14H21NO6S/c1-11(2)17-7-14(21-11)13(6-15-10(22)20-13)9-8(5-16-14)18-12(3,4)19-9/h8-9H,5-7H2,1-4H3,(H,15,22)/t8-,9-,13+,14+/m1/s1. The van der Waals surface area contributed by atoms with Gasteiger partial charge in [-0.25, -0.2) is 0 Å². The van der Waals surface area contributed by atoms with Crippen molar-refractivity contribution in [2.24, 2.45) is 0 Å². The number of fused-ring (bicyclic) bond motifs is 3. The minimum atomic E-state index is -1.07. The second kappa shape index (κ2) is 4.31. The zero-order valence-electron chi connectivity index (χ0n) is 13.1. The molecule has 124 valence electrons. The van der Waals surface area contributed by atoms with Gasteiger partial charge in [0.05, 0.1) is 13.2 Å². The molecule has 0 radical (unpaired) electrons. The monoisotopic (exact) mass is 331 g/mol. The van der Waals surface area contributed by atoms with Crippen LogP contribution in [0.5, 0.6) is 0 Å². The fourth-order valence-electron chi connectivity index (χ4n) is 3.72. The van der Waals surface area contributed by atoms with E-state index >= 15 is 0 Å². The second-order valence-electron chi connectivity index (χ2n) is 7.08. The van der Waals surface area contributed by atoms with Crippen LogP contribution in [0, 0.1) is 0 Å². The van der Waals surface area contributed by atoms with Crippen LogP contribution in [0.3, 0.4) is 0 Å². The first-order valence-electron chi connectivity index (χ1n) is 7.48. The predicted molar refractivity (Wildman–Crippen MR) is 78.0 cm³/mol. The quantitative estimate of drug-likeness (QED) is 0.650. The molecule has 0 unspecified atom stereocenters. The van der Waals surface area contributed by atoms with Crippen molar-refractivity contribution >= 4 is 17.4 Å². The van der Waals surface area contributed by atoms with Crippen LogP contribution in [-0.2, 0) is 28.4 Å². The molecule has 4 rings (SSSR count). The fraction of sp³-hybridized carbons (Fsp3) is 0.929. The van der Waals surface area contributed by atoms with Crippen LogP contribution in [0.25, 0.3) is 0 Å². The van der Waals surface area contributed by atoms with Crippen LogP contribution in [0.2, 0.25) is 0 Å². The minimum absolute atomic E-state index is 0.240. The van der Waals surface area contributed by atoms with Crippen molar-refractivity contribution in [3.05, 3.63) is 0 Å². The summed E-state index contributed by atoms with van der Waals surface area (Å²) in [5.74, 6) is -2.54. The molecule has 4 heterocycles. The van der Waals surface area contributed by atoms with E-state index in [1.165, 1.54) is 0 Å². The highest BCUT2D eigenvalue weighted by Gasteiger charge is 2.74. The third-order valence-corrected chi connectivity index (χ3v) is 4.79. The highest BCUT2D eigenvalue weighted by molar-refractivity contribution is 7.80. The van der Waals surface area contributed by atoms with Crippen molar-refractivity contribution in [3.63, 3.8) is 0 Å². The summed E-state index contributed by atoms with van der Waals surface area (Å²) in [7, 11) is 0. The van der Waals surface area contributed by atoms with Crippen LogP contribution in [0.1, 0.15) is 27.7 Å². The molecule has 0 amide bonds. The van der Waals surface area contributed by atoms with Gasteiger partial charge in [0.15, 0.2) is 11.6 Å². The van der Waals surface area contributed by atoms with E-state index in [1.54, 1.807) is 0 Å². The van der Waals surface area contributed by atoms with Crippen LogP contribution < -0.4 is 5.32 Å². The molecule has 0 aromatic heterocycles. The predicted octanol–water partition coefficient (Wildman–Crippen LogP) is 0.659. The third-order valence-electron chi connectivity index (χ3n) is 4.56. The summed E-state index contributed by atoms with van der Waals surface area (Å²) in [5, 5.41) is 3.37. The van der Waals surface area contributed by atoms with Gasteiger partial charge in [0.25, 0.3) is 5.17 Å². The SMILES string of the molecule is CC1(C)O[C@@H]2[C@@H](CO[C@]3(COC(C)(C)O3)[C@]23CNC(=S)O3)O1. The first-order valence-corrected chi connectivity index (χ1v) is 7.89. The van der Waals surface area contributed by atoms with E-state index in [1.807, 2.05) is 27.7 Å². The number of nitrogens with one attached hydrogen (secondary N) is 1. The average Bonchev–Trinajstić information content (AvgIpc) is 3.02. The lowest BCUT2D eigenvalue weighted by atomic mass is 9.82. The van der Waals surface area contributed by atoms with E-state index in [4.69, 9.17) is 40.6 Å². The van der Waals surface area contributed by atoms with E-state index in [0.717, 1.165) is 0 Å². The van der Waals surface area contributed by atoms with E-state index in [-0.39, 0.29) is 18.8 Å². The van der Waals surface area contributed by atoms with Crippen LogP contribution in [0.15, 0.2) is 0 Å². The topological polar surface area (TPSA) is 67.4 Å². The van der Waals surface area contributed by atoms with Crippen molar-refractivity contribution in [2.45, 2.75) is 62.9 Å². The Bertz CT molecular complexity index is 523. The third kappa shape index (κ3) is 1.95. The van der Waals surface area contributed by atoms with Gasteiger partial charge in [-0.05, 0) is 39.9 Å². The maximum Gasteiger partial charge on any atom is 0.257 e. The van der Waals surface area contributed by atoms with Gasteiger partial charge in [-0.2, -0.15) is 0 Å². The number of ether oxygens (including phenoxy) is 6. The van der Waals surface area contributed by atoms with Crippen LogP contribution in [-0.4, -0.2) is 60.1 Å².